The lowest BCUT2D eigenvalue weighted by molar-refractivity contribution is -0.385. The number of rotatable bonds is 4. The molecule has 0 spiro atoms. The third-order valence-electron chi connectivity index (χ3n) is 2.55. The highest BCUT2D eigenvalue weighted by Crippen LogP contribution is 2.36. The Morgan fingerprint density at radius 1 is 1.24 bits per heavy atom. The summed E-state index contributed by atoms with van der Waals surface area (Å²) in [5.41, 5.74) is 4.75. The van der Waals surface area contributed by atoms with Crippen LogP contribution in [-0.4, -0.2) is 10.8 Å². The van der Waals surface area contributed by atoms with Gasteiger partial charge >= 0.3 is 5.69 Å². The first-order valence-corrected chi connectivity index (χ1v) is 6.76. The first-order valence-electron chi connectivity index (χ1n) is 5.59. The molecular formula is C13H8BrClN2O4. The molecule has 0 aliphatic heterocycles. The SMILES string of the molecule is NC(=O)c1ccc(Oc2cc(Br)ccc2Cl)c([N+](=O)[O-])c1. The van der Waals surface area contributed by atoms with Crippen LogP contribution in [-0.2, 0) is 0 Å². The molecule has 0 aliphatic carbocycles. The summed E-state index contributed by atoms with van der Waals surface area (Å²) in [7, 11) is 0. The lowest BCUT2D eigenvalue weighted by Gasteiger charge is -2.09. The molecule has 0 saturated heterocycles. The number of nitro groups is 1. The van der Waals surface area contributed by atoms with E-state index in [1.165, 1.54) is 12.1 Å². The van der Waals surface area contributed by atoms with E-state index in [9.17, 15) is 14.9 Å². The smallest absolute Gasteiger partial charge is 0.312 e. The first kappa shape index (κ1) is 15.3. The van der Waals surface area contributed by atoms with Gasteiger partial charge in [-0.3, -0.25) is 14.9 Å². The Kier molecular flexibility index (Phi) is 4.44. The van der Waals surface area contributed by atoms with Gasteiger partial charge in [0.2, 0.25) is 11.7 Å². The Morgan fingerprint density at radius 2 is 1.95 bits per heavy atom. The van der Waals surface area contributed by atoms with Gasteiger partial charge in [0.1, 0.15) is 5.75 Å². The van der Waals surface area contributed by atoms with Crippen molar-refractivity contribution in [1.82, 2.24) is 0 Å². The third-order valence-corrected chi connectivity index (χ3v) is 3.36. The number of nitrogens with two attached hydrogens (primary N) is 1. The molecule has 8 heteroatoms. The van der Waals surface area contributed by atoms with Gasteiger partial charge in [-0.25, -0.2) is 0 Å². The molecule has 2 aromatic rings. The van der Waals surface area contributed by atoms with E-state index in [1.807, 2.05) is 0 Å². The van der Waals surface area contributed by atoms with Gasteiger partial charge in [0, 0.05) is 16.1 Å². The van der Waals surface area contributed by atoms with Crippen molar-refractivity contribution < 1.29 is 14.5 Å². The van der Waals surface area contributed by atoms with Crippen LogP contribution in [0.4, 0.5) is 5.69 Å². The molecule has 6 nitrogen and oxygen atoms in total. The summed E-state index contributed by atoms with van der Waals surface area (Å²) >= 11 is 9.22. The zero-order chi connectivity index (χ0) is 15.6. The summed E-state index contributed by atoms with van der Waals surface area (Å²) in [6, 6.07) is 8.58. The van der Waals surface area contributed by atoms with E-state index in [0.717, 1.165) is 6.07 Å². The molecule has 2 rings (SSSR count). The van der Waals surface area contributed by atoms with Gasteiger partial charge in [-0.05, 0) is 30.3 Å². The van der Waals surface area contributed by atoms with Crippen LogP contribution in [0.25, 0.3) is 0 Å². The number of nitro benzene ring substituents is 1. The normalized spacial score (nSPS) is 10.2. The molecule has 0 aromatic heterocycles. The molecule has 0 fully saturated rings. The van der Waals surface area contributed by atoms with E-state index in [1.54, 1.807) is 18.2 Å². The predicted octanol–water partition coefficient (Wildman–Crippen LogP) is 3.90. The second-order valence-electron chi connectivity index (χ2n) is 3.98. The maximum atomic E-state index is 11.1. The fourth-order valence-electron chi connectivity index (χ4n) is 1.57. The van der Waals surface area contributed by atoms with Gasteiger partial charge < -0.3 is 10.5 Å². The van der Waals surface area contributed by atoms with Gasteiger partial charge in [0.15, 0.2) is 0 Å². The van der Waals surface area contributed by atoms with Crippen molar-refractivity contribution in [3.63, 3.8) is 0 Å². The van der Waals surface area contributed by atoms with Gasteiger partial charge in [-0.1, -0.05) is 27.5 Å². The highest BCUT2D eigenvalue weighted by atomic mass is 79.9. The Bertz CT molecular complexity index is 736. The maximum Gasteiger partial charge on any atom is 0.312 e. The quantitative estimate of drug-likeness (QED) is 0.651. The monoisotopic (exact) mass is 370 g/mol. The highest BCUT2D eigenvalue weighted by Gasteiger charge is 2.19. The number of ether oxygens (including phenoxy) is 1. The Morgan fingerprint density at radius 3 is 2.57 bits per heavy atom. The van der Waals surface area contributed by atoms with Crippen LogP contribution in [0.2, 0.25) is 5.02 Å². The average Bonchev–Trinajstić information content (AvgIpc) is 2.42. The van der Waals surface area contributed by atoms with Crippen LogP contribution >= 0.6 is 27.5 Å². The van der Waals surface area contributed by atoms with Gasteiger partial charge in [-0.15, -0.1) is 0 Å². The summed E-state index contributed by atoms with van der Waals surface area (Å²) in [6.07, 6.45) is 0. The summed E-state index contributed by atoms with van der Waals surface area (Å²) in [5, 5.41) is 11.4. The molecule has 0 radical (unpaired) electrons. The van der Waals surface area contributed by atoms with Crippen molar-refractivity contribution >= 4 is 39.1 Å². The number of primary amides is 1. The van der Waals surface area contributed by atoms with Crippen molar-refractivity contribution in [2.24, 2.45) is 5.73 Å². The van der Waals surface area contributed by atoms with Crippen LogP contribution in [0.1, 0.15) is 10.4 Å². The number of carbonyl (C=O) groups is 1. The zero-order valence-corrected chi connectivity index (χ0v) is 12.7. The van der Waals surface area contributed by atoms with Crippen LogP contribution in [0.5, 0.6) is 11.5 Å². The van der Waals surface area contributed by atoms with Crippen molar-refractivity contribution in [2.75, 3.05) is 0 Å². The number of hydrogen-bond acceptors (Lipinski definition) is 4. The number of carbonyl (C=O) groups excluding carboxylic acids is 1. The lowest BCUT2D eigenvalue weighted by Crippen LogP contribution is -2.11. The minimum Gasteiger partial charge on any atom is -0.449 e. The molecule has 1 amide bonds. The van der Waals surface area contributed by atoms with Crippen molar-refractivity contribution in [3.05, 3.63) is 61.6 Å². The molecule has 108 valence electrons. The molecule has 0 heterocycles. The van der Waals surface area contributed by atoms with Crippen LogP contribution in [0.3, 0.4) is 0 Å². The Balaban J connectivity index is 2.46. The Hall–Kier alpha value is -2.12. The predicted molar refractivity (Wildman–Crippen MR) is 80.8 cm³/mol. The standard InChI is InChI=1S/C13H8BrClN2O4/c14-8-2-3-9(15)12(6-8)21-11-4-1-7(13(16)18)5-10(11)17(19)20/h1-6H,(H2,16,18). The van der Waals surface area contributed by atoms with Crippen molar-refractivity contribution in [1.29, 1.82) is 0 Å². The molecule has 21 heavy (non-hydrogen) atoms. The zero-order valence-electron chi connectivity index (χ0n) is 10.4. The van der Waals surface area contributed by atoms with Crippen molar-refractivity contribution in [2.45, 2.75) is 0 Å². The van der Waals surface area contributed by atoms with E-state index < -0.39 is 10.8 Å². The molecule has 0 aliphatic rings. The molecule has 0 bridgehead atoms. The van der Waals surface area contributed by atoms with E-state index in [2.05, 4.69) is 15.9 Å². The second-order valence-corrected chi connectivity index (χ2v) is 5.30. The van der Waals surface area contributed by atoms with Gasteiger partial charge in [0.05, 0.1) is 9.95 Å². The minimum absolute atomic E-state index is 0.0226. The Labute approximate surface area is 132 Å². The summed E-state index contributed by atoms with van der Waals surface area (Å²) in [4.78, 5) is 21.5. The number of nitrogens with zero attached hydrogens (tertiary/aromatic N) is 1. The van der Waals surface area contributed by atoms with Crippen LogP contribution < -0.4 is 10.5 Å². The molecular weight excluding hydrogens is 364 g/mol. The minimum atomic E-state index is -0.759. The number of benzene rings is 2. The summed E-state index contributed by atoms with van der Waals surface area (Å²) in [6.45, 7) is 0. The maximum absolute atomic E-state index is 11.1. The fraction of sp³-hybridized carbons (Fsp3) is 0. The van der Waals surface area contributed by atoms with Crippen LogP contribution in [0.15, 0.2) is 40.9 Å². The average molecular weight is 372 g/mol. The van der Waals surface area contributed by atoms with E-state index in [0.29, 0.717) is 9.50 Å². The summed E-state index contributed by atoms with van der Waals surface area (Å²) in [5.74, 6) is -0.545. The molecule has 0 atom stereocenters. The number of halogens is 2. The van der Waals surface area contributed by atoms with Gasteiger partial charge in [0.25, 0.3) is 0 Å². The summed E-state index contributed by atoms with van der Waals surface area (Å²) < 4.78 is 6.17. The van der Waals surface area contributed by atoms with E-state index in [-0.39, 0.29) is 22.7 Å². The van der Waals surface area contributed by atoms with E-state index in [4.69, 9.17) is 22.1 Å². The molecule has 0 saturated carbocycles. The second kappa shape index (κ2) is 6.11. The topological polar surface area (TPSA) is 95.5 Å². The molecule has 2 aromatic carbocycles. The lowest BCUT2D eigenvalue weighted by atomic mass is 10.2. The first-order chi connectivity index (χ1) is 9.88. The van der Waals surface area contributed by atoms with Crippen molar-refractivity contribution in [3.8, 4) is 11.5 Å². The van der Waals surface area contributed by atoms with E-state index >= 15 is 0 Å². The largest absolute Gasteiger partial charge is 0.449 e. The number of amides is 1. The highest BCUT2D eigenvalue weighted by molar-refractivity contribution is 9.10. The number of hydrogen-bond donors (Lipinski definition) is 1. The third kappa shape index (κ3) is 3.50. The fourth-order valence-corrected chi connectivity index (χ4v) is 2.07. The van der Waals surface area contributed by atoms with Crippen LogP contribution in [0, 0.1) is 10.1 Å². The van der Waals surface area contributed by atoms with Gasteiger partial charge in [-0.2, -0.15) is 0 Å². The molecule has 2 N–H and O–H groups in total. The molecule has 0 unspecified atom stereocenters.